The first-order chi connectivity index (χ1) is 9.21. The molecule has 20 heavy (non-hydrogen) atoms. The van der Waals surface area contributed by atoms with Gasteiger partial charge in [0.25, 0.3) is 0 Å². The van der Waals surface area contributed by atoms with Crippen LogP contribution in [0.1, 0.15) is 12.5 Å². The zero-order valence-electron chi connectivity index (χ0n) is 11.1. The Morgan fingerprint density at radius 2 is 2.15 bits per heavy atom. The van der Waals surface area contributed by atoms with Gasteiger partial charge in [0.15, 0.2) is 0 Å². The molecular formula is C12H15ClN2O4S. The fourth-order valence-electron chi connectivity index (χ4n) is 2.06. The summed E-state index contributed by atoms with van der Waals surface area (Å²) >= 11 is 6.00. The molecule has 2 N–H and O–H groups in total. The lowest BCUT2D eigenvalue weighted by Crippen LogP contribution is -2.33. The van der Waals surface area contributed by atoms with Crippen molar-refractivity contribution in [3.63, 3.8) is 0 Å². The molecule has 0 aromatic heterocycles. The van der Waals surface area contributed by atoms with Crippen molar-refractivity contribution in [2.24, 2.45) is 0 Å². The highest BCUT2D eigenvalue weighted by molar-refractivity contribution is 7.89. The Morgan fingerprint density at radius 3 is 2.75 bits per heavy atom. The Labute approximate surface area is 122 Å². The van der Waals surface area contributed by atoms with E-state index in [4.69, 9.17) is 11.6 Å². The maximum absolute atomic E-state index is 12.4. The lowest BCUT2D eigenvalue weighted by molar-refractivity contribution is -0.115. The summed E-state index contributed by atoms with van der Waals surface area (Å²) in [5.41, 5.74) is 1.14. The number of sulfonamides is 1. The zero-order valence-corrected chi connectivity index (χ0v) is 12.6. The summed E-state index contributed by atoms with van der Waals surface area (Å²) in [6.45, 7) is 1.46. The van der Waals surface area contributed by atoms with Crippen molar-refractivity contribution in [3.05, 3.63) is 22.7 Å². The standard InChI is InChI=1S/C12H15ClN2O4S/c1-7(16)6-15(2)20(18,19)11-3-8-4-12(17)14-10(8)5-9(11)13/h3,5,7,16H,4,6H2,1-2H3,(H,14,17). The maximum Gasteiger partial charge on any atom is 0.244 e. The average molecular weight is 319 g/mol. The first-order valence-corrected chi connectivity index (χ1v) is 7.80. The summed E-state index contributed by atoms with van der Waals surface area (Å²) in [7, 11) is -2.43. The topological polar surface area (TPSA) is 86.7 Å². The fraction of sp³-hybridized carbons (Fsp3) is 0.417. The third kappa shape index (κ3) is 2.80. The molecule has 0 saturated heterocycles. The van der Waals surface area contributed by atoms with Crippen LogP contribution in [0.3, 0.4) is 0 Å². The molecule has 2 rings (SSSR count). The number of fused-ring (bicyclic) bond motifs is 1. The minimum Gasteiger partial charge on any atom is -0.392 e. The number of rotatable bonds is 4. The number of carbonyl (C=O) groups excluding carboxylic acids is 1. The third-order valence-electron chi connectivity index (χ3n) is 2.99. The van der Waals surface area contributed by atoms with Crippen LogP contribution in [-0.4, -0.2) is 43.4 Å². The van der Waals surface area contributed by atoms with Gasteiger partial charge in [0.05, 0.1) is 17.5 Å². The Bertz CT molecular complexity index is 658. The van der Waals surface area contributed by atoms with Gasteiger partial charge in [0.2, 0.25) is 15.9 Å². The number of aliphatic hydroxyl groups excluding tert-OH is 1. The molecule has 1 aromatic rings. The number of anilines is 1. The van der Waals surface area contributed by atoms with Crippen molar-refractivity contribution in [2.45, 2.75) is 24.3 Å². The molecule has 110 valence electrons. The van der Waals surface area contributed by atoms with Crippen LogP contribution in [0.15, 0.2) is 17.0 Å². The lowest BCUT2D eigenvalue weighted by Gasteiger charge is -2.19. The number of carbonyl (C=O) groups is 1. The highest BCUT2D eigenvalue weighted by Crippen LogP contribution is 2.33. The van der Waals surface area contributed by atoms with Crippen molar-refractivity contribution >= 4 is 33.2 Å². The van der Waals surface area contributed by atoms with Gasteiger partial charge in [-0.3, -0.25) is 4.79 Å². The van der Waals surface area contributed by atoms with E-state index < -0.39 is 16.1 Å². The number of halogens is 1. The average Bonchev–Trinajstić information content (AvgIpc) is 2.66. The maximum atomic E-state index is 12.4. The number of nitrogens with zero attached hydrogens (tertiary/aromatic N) is 1. The van der Waals surface area contributed by atoms with E-state index in [-0.39, 0.29) is 28.8 Å². The molecule has 1 aliphatic heterocycles. The predicted molar refractivity (Wildman–Crippen MR) is 75.3 cm³/mol. The van der Waals surface area contributed by atoms with E-state index in [2.05, 4.69) is 5.32 Å². The number of hydrogen-bond acceptors (Lipinski definition) is 4. The molecule has 0 spiro atoms. The molecule has 0 bridgehead atoms. The second kappa shape index (κ2) is 5.33. The van der Waals surface area contributed by atoms with E-state index in [1.165, 1.54) is 26.1 Å². The first kappa shape index (κ1) is 15.2. The van der Waals surface area contributed by atoms with Gasteiger partial charge < -0.3 is 10.4 Å². The van der Waals surface area contributed by atoms with Crippen LogP contribution in [0.4, 0.5) is 5.69 Å². The lowest BCUT2D eigenvalue weighted by atomic mass is 10.2. The van der Waals surface area contributed by atoms with Gasteiger partial charge in [-0.15, -0.1) is 0 Å². The quantitative estimate of drug-likeness (QED) is 0.861. The second-order valence-electron chi connectivity index (χ2n) is 4.80. The molecule has 0 fully saturated rings. The Morgan fingerprint density at radius 1 is 1.50 bits per heavy atom. The summed E-state index contributed by atoms with van der Waals surface area (Å²) in [6, 6.07) is 2.84. The molecule has 1 aliphatic rings. The Balaban J connectivity index is 2.43. The van der Waals surface area contributed by atoms with Crippen molar-refractivity contribution < 1.29 is 18.3 Å². The van der Waals surface area contributed by atoms with Crippen LogP contribution in [0, 0.1) is 0 Å². The van der Waals surface area contributed by atoms with Crippen molar-refractivity contribution in [2.75, 3.05) is 18.9 Å². The monoisotopic (exact) mass is 318 g/mol. The summed E-state index contributed by atoms with van der Waals surface area (Å²) in [6.07, 6.45) is -0.652. The van der Waals surface area contributed by atoms with E-state index in [1.54, 1.807) is 0 Å². The summed E-state index contributed by atoms with van der Waals surface area (Å²) in [4.78, 5) is 11.2. The predicted octanol–water partition coefficient (Wildman–Crippen LogP) is 0.836. The molecular weight excluding hydrogens is 304 g/mol. The van der Waals surface area contributed by atoms with Crippen LogP contribution in [0.2, 0.25) is 5.02 Å². The van der Waals surface area contributed by atoms with Crippen molar-refractivity contribution in [1.29, 1.82) is 0 Å². The fourth-order valence-corrected chi connectivity index (χ4v) is 3.86. The molecule has 1 unspecified atom stereocenters. The molecule has 1 aromatic carbocycles. The number of nitrogens with one attached hydrogen (secondary N) is 1. The second-order valence-corrected chi connectivity index (χ2v) is 7.22. The number of likely N-dealkylation sites (N-methyl/N-ethyl adjacent to an activating group) is 1. The third-order valence-corrected chi connectivity index (χ3v) is 5.28. The minimum atomic E-state index is -3.80. The SMILES string of the molecule is CC(O)CN(C)S(=O)(=O)c1cc2c(cc1Cl)NC(=O)C2. The van der Waals surface area contributed by atoms with E-state index in [9.17, 15) is 18.3 Å². The molecule has 6 nitrogen and oxygen atoms in total. The van der Waals surface area contributed by atoms with Crippen molar-refractivity contribution in [1.82, 2.24) is 4.31 Å². The van der Waals surface area contributed by atoms with E-state index in [1.807, 2.05) is 0 Å². The number of hydrogen-bond donors (Lipinski definition) is 2. The smallest absolute Gasteiger partial charge is 0.244 e. The molecule has 0 aliphatic carbocycles. The molecule has 1 heterocycles. The van der Waals surface area contributed by atoms with Gasteiger partial charge in [-0.05, 0) is 24.6 Å². The molecule has 0 radical (unpaired) electrons. The first-order valence-electron chi connectivity index (χ1n) is 5.98. The van der Waals surface area contributed by atoms with Crippen LogP contribution in [0.5, 0.6) is 0 Å². The molecule has 8 heteroatoms. The van der Waals surface area contributed by atoms with Crippen molar-refractivity contribution in [3.8, 4) is 0 Å². The molecule has 1 amide bonds. The normalized spacial score (nSPS) is 16.1. The largest absolute Gasteiger partial charge is 0.392 e. The van der Waals surface area contributed by atoms with Crippen LogP contribution in [-0.2, 0) is 21.2 Å². The Kier molecular flexibility index (Phi) is 4.06. The highest BCUT2D eigenvalue weighted by atomic mass is 35.5. The molecule has 0 saturated carbocycles. The van der Waals surface area contributed by atoms with Gasteiger partial charge in [-0.1, -0.05) is 11.6 Å². The van der Waals surface area contributed by atoms with E-state index in [0.717, 1.165) is 4.31 Å². The van der Waals surface area contributed by atoms with Crippen LogP contribution in [0.25, 0.3) is 0 Å². The minimum absolute atomic E-state index is 0.0348. The Hall–Kier alpha value is -1.15. The van der Waals surface area contributed by atoms with E-state index in [0.29, 0.717) is 11.3 Å². The summed E-state index contributed by atoms with van der Waals surface area (Å²) in [5, 5.41) is 11.9. The van der Waals surface area contributed by atoms with Gasteiger partial charge in [0.1, 0.15) is 4.90 Å². The van der Waals surface area contributed by atoms with E-state index >= 15 is 0 Å². The van der Waals surface area contributed by atoms with Gasteiger partial charge >= 0.3 is 0 Å². The number of aliphatic hydroxyl groups is 1. The van der Waals surface area contributed by atoms with Gasteiger partial charge in [-0.25, -0.2) is 8.42 Å². The summed E-state index contributed by atoms with van der Waals surface area (Å²) < 4.78 is 25.8. The van der Waals surface area contributed by atoms with Crippen LogP contribution < -0.4 is 5.32 Å². The van der Waals surface area contributed by atoms with Gasteiger partial charge in [-0.2, -0.15) is 4.31 Å². The highest BCUT2D eigenvalue weighted by Gasteiger charge is 2.28. The van der Waals surface area contributed by atoms with Crippen LogP contribution >= 0.6 is 11.6 Å². The number of amides is 1. The zero-order chi connectivity index (χ0) is 15.1. The molecule has 1 atom stereocenters. The number of benzene rings is 1. The summed E-state index contributed by atoms with van der Waals surface area (Å²) in [5.74, 6) is -0.192. The van der Waals surface area contributed by atoms with Gasteiger partial charge in [0, 0.05) is 19.3 Å².